The van der Waals surface area contributed by atoms with E-state index in [4.69, 9.17) is 15.2 Å². The Morgan fingerprint density at radius 2 is 2.13 bits per heavy atom. The summed E-state index contributed by atoms with van der Waals surface area (Å²) < 4.78 is 14.8. The number of carbonyl (C=O) groups excluding carboxylic acids is 1. The molecule has 0 aromatic rings. The van der Waals surface area contributed by atoms with Crippen LogP contribution in [-0.2, 0) is 19.0 Å². The van der Waals surface area contributed by atoms with Gasteiger partial charge in [-0.05, 0) is 18.8 Å². The summed E-state index contributed by atoms with van der Waals surface area (Å²) in [6.07, 6.45) is 1.50. The summed E-state index contributed by atoms with van der Waals surface area (Å²) in [5.74, 6) is -0.114. The smallest absolute Gasteiger partial charge is 0.326 e. The van der Waals surface area contributed by atoms with Crippen LogP contribution in [0.5, 0.6) is 0 Å². The largest absolute Gasteiger partial charge is 0.468 e. The second-order valence-electron chi connectivity index (χ2n) is 3.83. The normalized spacial score (nSPS) is 28.9. The molecule has 1 aliphatic carbocycles. The molecule has 2 atom stereocenters. The highest BCUT2D eigenvalue weighted by Crippen LogP contribution is 2.44. The zero-order valence-corrected chi connectivity index (χ0v) is 9.32. The lowest BCUT2D eigenvalue weighted by Gasteiger charge is -2.08. The van der Waals surface area contributed by atoms with Crippen molar-refractivity contribution < 1.29 is 19.0 Å². The summed E-state index contributed by atoms with van der Waals surface area (Å²) in [4.78, 5) is 11.2. The minimum Gasteiger partial charge on any atom is -0.468 e. The van der Waals surface area contributed by atoms with Gasteiger partial charge in [-0.2, -0.15) is 0 Å². The SMILES string of the molecule is COCCOCC[C@@H]1C[C@]1(N)C(=O)OC. The van der Waals surface area contributed by atoms with Crippen molar-refractivity contribution in [2.24, 2.45) is 11.7 Å². The highest BCUT2D eigenvalue weighted by molar-refractivity contribution is 5.84. The summed E-state index contributed by atoms with van der Waals surface area (Å²) in [6.45, 7) is 1.79. The van der Waals surface area contributed by atoms with Gasteiger partial charge >= 0.3 is 5.97 Å². The van der Waals surface area contributed by atoms with Crippen LogP contribution in [0.4, 0.5) is 0 Å². The van der Waals surface area contributed by atoms with E-state index in [9.17, 15) is 4.79 Å². The first-order valence-electron chi connectivity index (χ1n) is 5.09. The van der Waals surface area contributed by atoms with Gasteiger partial charge in [-0.1, -0.05) is 0 Å². The average molecular weight is 217 g/mol. The predicted octanol–water partition coefficient (Wildman–Crippen LogP) is -0.0701. The molecule has 0 saturated heterocycles. The van der Waals surface area contributed by atoms with Crippen molar-refractivity contribution >= 4 is 5.97 Å². The third-order valence-electron chi connectivity index (χ3n) is 2.76. The summed E-state index contributed by atoms with van der Waals surface area (Å²) in [7, 11) is 2.99. The lowest BCUT2D eigenvalue weighted by molar-refractivity contribution is -0.143. The number of esters is 1. The van der Waals surface area contributed by atoms with Crippen LogP contribution >= 0.6 is 0 Å². The van der Waals surface area contributed by atoms with E-state index in [-0.39, 0.29) is 11.9 Å². The zero-order valence-electron chi connectivity index (χ0n) is 9.32. The molecular formula is C10H19NO4. The van der Waals surface area contributed by atoms with E-state index >= 15 is 0 Å². The third kappa shape index (κ3) is 3.15. The average Bonchev–Trinajstić information content (AvgIpc) is 2.90. The Labute approximate surface area is 89.9 Å². The van der Waals surface area contributed by atoms with Crippen LogP contribution in [0.25, 0.3) is 0 Å². The highest BCUT2D eigenvalue weighted by Gasteiger charge is 2.57. The second kappa shape index (κ2) is 5.44. The number of carbonyl (C=O) groups is 1. The van der Waals surface area contributed by atoms with Gasteiger partial charge in [-0.15, -0.1) is 0 Å². The van der Waals surface area contributed by atoms with Gasteiger partial charge in [-0.3, -0.25) is 4.79 Å². The number of ether oxygens (including phenoxy) is 3. The Kier molecular flexibility index (Phi) is 4.50. The number of hydrogen-bond acceptors (Lipinski definition) is 5. The maximum absolute atomic E-state index is 11.2. The van der Waals surface area contributed by atoms with Crippen molar-refractivity contribution in [3.8, 4) is 0 Å². The van der Waals surface area contributed by atoms with E-state index in [1.165, 1.54) is 7.11 Å². The molecule has 0 heterocycles. The molecular weight excluding hydrogens is 198 g/mol. The van der Waals surface area contributed by atoms with Gasteiger partial charge in [0.2, 0.25) is 0 Å². The maximum Gasteiger partial charge on any atom is 0.326 e. The van der Waals surface area contributed by atoms with Crippen molar-refractivity contribution in [3.63, 3.8) is 0 Å². The van der Waals surface area contributed by atoms with Crippen LogP contribution in [0.2, 0.25) is 0 Å². The van der Waals surface area contributed by atoms with Gasteiger partial charge in [0.25, 0.3) is 0 Å². The van der Waals surface area contributed by atoms with E-state index in [0.29, 0.717) is 26.2 Å². The zero-order chi connectivity index (χ0) is 11.3. The van der Waals surface area contributed by atoms with Gasteiger partial charge < -0.3 is 19.9 Å². The van der Waals surface area contributed by atoms with E-state index in [1.54, 1.807) is 7.11 Å². The van der Waals surface area contributed by atoms with Crippen molar-refractivity contribution in [1.82, 2.24) is 0 Å². The number of nitrogens with two attached hydrogens (primary N) is 1. The number of rotatable bonds is 7. The van der Waals surface area contributed by atoms with Gasteiger partial charge in [0.05, 0.1) is 20.3 Å². The number of methoxy groups -OCH3 is 2. The van der Waals surface area contributed by atoms with Crippen molar-refractivity contribution in [2.45, 2.75) is 18.4 Å². The fourth-order valence-corrected chi connectivity index (χ4v) is 1.62. The van der Waals surface area contributed by atoms with Crippen molar-refractivity contribution in [1.29, 1.82) is 0 Å². The van der Waals surface area contributed by atoms with Crippen molar-refractivity contribution in [3.05, 3.63) is 0 Å². The highest BCUT2D eigenvalue weighted by atomic mass is 16.5. The molecule has 2 N–H and O–H groups in total. The first-order valence-corrected chi connectivity index (χ1v) is 5.09. The molecule has 0 aromatic heterocycles. The molecule has 0 spiro atoms. The molecule has 0 unspecified atom stereocenters. The molecule has 5 heteroatoms. The Balaban J connectivity index is 2.08. The molecule has 0 aromatic carbocycles. The standard InChI is InChI=1S/C10H19NO4/c1-13-5-6-15-4-3-8-7-10(8,11)9(12)14-2/h8H,3-7,11H2,1-2H3/t8-,10-/m1/s1. The first kappa shape index (κ1) is 12.4. The van der Waals surface area contributed by atoms with E-state index in [1.807, 2.05) is 0 Å². The molecule has 1 saturated carbocycles. The molecule has 88 valence electrons. The van der Waals surface area contributed by atoms with E-state index in [2.05, 4.69) is 4.74 Å². The quantitative estimate of drug-likeness (QED) is 0.477. The third-order valence-corrected chi connectivity index (χ3v) is 2.76. The minimum atomic E-state index is -0.751. The summed E-state index contributed by atoms with van der Waals surface area (Å²) >= 11 is 0. The van der Waals surface area contributed by atoms with Crippen molar-refractivity contribution in [2.75, 3.05) is 34.0 Å². The molecule has 0 radical (unpaired) electrons. The molecule has 0 bridgehead atoms. The molecule has 1 fully saturated rings. The lowest BCUT2D eigenvalue weighted by Crippen LogP contribution is -2.36. The fourth-order valence-electron chi connectivity index (χ4n) is 1.62. The van der Waals surface area contributed by atoms with E-state index in [0.717, 1.165) is 6.42 Å². The van der Waals surface area contributed by atoms with Crippen LogP contribution in [0, 0.1) is 5.92 Å². The maximum atomic E-state index is 11.2. The molecule has 5 nitrogen and oxygen atoms in total. The Morgan fingerprint density at radius 1 is 1.40 bits per heavy atom. The molecule has 1 aliphatic rings. The number of hydrogen-bond donors (Lipinski definition) is 1. The molecule has 15 heavy (non-hydrogen) atoms. The first-order chi connectivity index (χ1) is 7.15. The Hall–Kier alpha value is -0.650. The van der Waals surface area contributed by atoms with Gasteiger partial charge in [-0.25, -0.2) is 0 Å². The fraction of sp³-hybridized carbons (Fsp3) is 0.900. The predicted molar refractivity (Wildman–Crippen MR) is 54.4 cm³/mol. The van der Waals surface area contributed by atoms with Crippen LogP contribution in [-0.4, -0.2) is 45.5 Å². The topological polar surface area (TPSA) is 70.8 Å². The molecule has 1 rings (SSSR count). The summed E-state index contributed by atoms with van der Waals surface area (Å²) in [6, 6.07) is 0. The van der Waals surface area contributed by atoms with Crippen LogP contribution in [0.1, 0.15) is 12.8 Å². The molecule has 0 amide bonds. The lowest BCUT2D eigenvalue weighted by atomic mass is 10.2. The minimum absolute atomic E-state index is 0.201. The van der Waals surface area contributed by atoms with Crippen LogP contribution < -0.4 is 5.73 Å². The Bertz CT molecular complexity index is 221. The van der Waals surface area contributed by atoms with Gasteiger partial charge in [0.1, 0.15) is 5.54 Å². The monoisotopic (exact) mass is 217 g/mol. The van der Waals surface area contributed by atoms with Gasteiger partial charge in [0, 0.05) is 13.7 Å². The van der Waals surface area contributed by atoms with Crippen LogP contribution in [0.3, 0.4) is 0 Å². The summed E-state index contributed by atoms with van der Waals surface area (Å²) in [5.41, 5.74) is 5.08. The Morgan fingerprint density at radius 3 is 2.73 bits per heavy atom. The second-order valence-corrected chi connectivity index (χ2v) is 3.83. The summed E-state index contributed by atoms with van der Waals surface area (Å²) in [5, 5.41) is 0. The van der Waals surface area contributed by atoms with Gasteiger partial charge in [0.15, 0.2) is 0 Å². The van der Waals surface area contributed by atoms with E-state index < -0.39 is 5.54 Å². The van der Waals surface area contributed by atoms with Crippen LogP contribution in [0.15, 0.2) is 0 Å². The molecule has 0 aliphatic heterocycles.